The third-order valence-corrected chi connectivity index (χ3v) is 6.77. The van der Waals surface area contributed by atoms with Gasteiger partial charge in [-0.3, -0.25) is 9.59 Å². The van der Waals surface area contributed by atoms with Gasteiger partial charge in [-0.05, 0) is 47.4 Å². The standard InChI is InChI=1S/C30H31N3O4/c1-21(34)37-20-30(35)33-15-14-28(27(19-33)24-6-4-3-5-7-24)32-18-26-16-25(12-13-29(26)36-2)23-10-8-22(17-31)9-11-23/h3-13,16,27-28,32H,14-15,18-20H2,1-2H3. The van der Waals surface area contributed by atoms with Crippen molar-refractivity contribution >= 4 is 11.9 Å². The van der Waals surface area contributed by atoms with E-state index in [9.17, 15) is 9.59 Å². The van der Waals surface area contributed by atoms with Crippen LogP contribution in [-0.4, -0.2) is 49.6 Å². The molecule has 2 atom stereocenters. The Morgan fingerprint density at radius 2 is 1.78 bits per heavy atom. The summed E-state index contributed by atoms with van der Waals surface area (Å²) in [6, 6.07) is 26.1. The predicted molar refractivity (Wildman–Crippen MR) is 141 cm³/mol. The summed E-state index contributed by atoms with van der Waals surface area (Å²) < 4.78 is 10.6. The number of nitrogens with zero attached hydrogens (tertiary/aromatic N) is 2. The smallest absolute Gasteiger partial charge is 0.303 e. The van der Waals surface area contributed by atoms with E-state index in [1.807, 2.05) is 54.6 Å². The van der Waals surface area contributed by atoms with Crippen LogP contribution in [0, 0.1) is 11.3 Å². The molecule has 37 heavy (non-hydrogen) atoms. The summed E-state index contributed by atoms with van der Waals surface area (Å²) >= 11 is 0. The molecule has 1 aliphatic rings. The number of hydrogen-bond donors (Lipinski definition) is 1. The van der Waals surface area contributed by atoms with Crippen molar-refractivity contribution in [3.8, 4) is 22.9 Å². The highest BCUT2D eigenvalue weighted by molar-refractivity contribution is 5.80. The summed E-state index contributed by atoms with van der Waals surface area (Å²) in [5, 5.41) is 12.8. The first kappa shape index (κ1) is 25.9. The van der Waals surface area contributed by atoms with E-state index in [-0.39, 0.29) is 24.5 Å². The molecule has 2 unspecified atom stereocenters. The Hall–Kier alpha value is -4.15. The summed E-state index contributed by atoms with van der Waals surface area (Å²) in [6.45, 7) is 2.81. The van der Waals surface area contributed by atoms with Crippen LogP contribution in [0.2, 0.25) is 0 Å². The summed E-state index contributed by atoms with van der Waals surface area (Å²) in [5.41, 5.74) is 4.90. The van der Waals surface area contributed by atoms with Gasteiger partial charge in [-0.1, -0.05) is 48.5 Å². The first-order chi connectivity index (χ1) is 18.0. The van der Waals surface area contributed by atoms with Gasteiger partial charge in [-0.15, -0.1) is 0 Å². The quantitative estimate of drug-likeness (QED) is 0.468. The minimum absolute atomic E-state index is 0.0870. The van der Waals surface area contributed by atoms with Crippen LogP contribution in [0.1, 0.15) is 36.0 Å². The van der Waals surface area contributed by atoms with Crippen LogP contribution >= 0.6 is 0 Å². The molecule has 190 valence electrons. The van der Waals surface area contributed by atoms with Gasteiger partial charge in [0.2, 0.25) is 0 Å². The average molecular weight is 498 g/mol. The average Bonchev–Trinajstić information content (AvgIpc) is 2.95. The fourth-order valence-electron chi connectivity index (χ4n) is 4.79. The minimum Gasteiger partial charge on any atom is -0.496 e. The number of hydrogen-bond acceptors (Lipinski definition) is 6. The number of amides is 1. The predicted octanol–water partition coefficient (Wildman–Crippen LogP) is 4.27. The first-order valence-electron chi connectivity index (χ1n) is 12.4. The van der Waals surface area contributed by atoms with Gasteiger partial charge in [0, 0.05) is 44.1 Å². The van der Waals surface area contributed by atoms with Crippen molar-refractivity contribution in [2.45, 2.75) is 31.8 Å². The van der Waals surface area contributed by atoms with E-state index >= 15 is 0 Å². The fraction of sp³-hybridized carbons (Fsp3) is 0.300. The lowest BCUT2D eigenvalue weighted by atomic mass is 9.85. The van der Waals surface area contributed by atoms with Crippen LogP contribution < -0.4 is 10.1 Å². The van der Waals surface area contributed by atoms with Crippen LogP contribution in [0.25, 0.3) is 11.1 Å². The second-order valence-electron chi connectivity index (χ2n) is 9.13. The molecule has 1 amide bonds. The molecule has 7 heteroatoms. The van der Waals surface area contributed by atoms with Crippen LogP contribution in [-0.2, 0) is 20.9 Å². The number of piperidine rings is 1. The number of carbonyl (C=O) groups is 2. The Morgan fingerprint density at radius 1 is 1.05 bits per heavy atom. The highest BCUT2D eigenvalue weighted by Crippen LogP contribution is 2.30. The molecular weight excluding hydrogens is 466 g/mol. The van der Waals surface area contributed by atoms with Crippen LogP contribution in [0.4, 0.5) is 0 Å². The Bertz CT molecular complexity index is 1270. The molecular formula is C30H31N3O4. The Kier molecular flexibility index (Phi) is 8.55. The molecule has 0 saturated carbocycles. The van der Waals surface area contributed by atoms with Gasteiger partial charge in [-0.2, -0.15) is 5.26 Å². The normalized spacial score (nSPS) is 17.1. The number of ether oxygens (including phenoxy) is 2. The molecule has 0 bridgehead atoms. The monoisotopic (exact) mass is 497 g/mol. The summed E-state index contributed by atoms with van der Waals surface area (Å²) in [6.07, 6.45) is 0.767. The maximum Gasteiger partial charge on any atom is 0.303 e. The molecule has 3 aromatic carbocycles. The molecule has 0 radical (unpaired) electrons. The fourth-order valence-corrected chi connectivity index (χ4v) is 4.79. The van der Waals surface area contributed by atoms with Gasteiger partial charge < -0.3 is 19.7 Å². The van der Waals surface area contributed by atoms with E-state index in [2.05, 4.69) is 29.6 Å². The first-order valence-corrected chi connectivity index (χ1v) is 12.4. The van der Waals surface area contributed by atoms with E-state index in [4.69, 9.17) is 14.7 Å². The second kappa shape index (κ2) is 12.2. The van der Waals surface area contributed by atoms with E-state index in [0.717, 1.165) is 34.4 Å². The molecule has 3 aromatic rings. The largest absolute Gasteiger partial charge is 0.496 e. The van der Waals surface area contributed by atoms with E-state index < -0.39 is 5.97 Å². The van der Waals surface area contributed by atoms with Crippen molar-refractivity contribution in [1.82, 2.24) is 10.2 Å². The Morgan fingerprint density at radius 3 is 2.46 bits per heavy atom. The molecule has 1 saturated heterocycles. The van der Waals surface area contributed by atoms with Crippen molar-refractivity contribution < 1.29 is 19.1 Å². The minimum atomic E-state index is -0.457. The van der Waals surface area contributed by atoms with Gasteiger partial charge in [0.1, 0.15) is 5.75 Å². The van der Waals surface area contributed by atoms with Gasteiger partial charge in [0.15, 0.2) is 6.61 Å². The SMILES string of the molecule is COc1ccc(-c2ccc(C#N)cc2)cc1CNC1CCN(C(=O)COC(C)=O)CC1c1ccccc1. The third-order valence-electron chi connectivity index (χ3n) is 6.77. The topological polar surface area (TPSA) is 91.7 Å². The Labute approximate surface area is 217 Å². The van der Waals surface area contributed by atoms with Crippen molar-refractivity contribution in [3.05, 3.63) is 89.5 Å². The molecule has 1 N–H and O–H groups in total. The van der Waals surface area contributed by atoms with Gasteiger partial charge >= 0.3 is 5.97 Å². The summed E-state index contributed by atoms with van der Waals surface area (Å²) in [7, 11) is 1.67. The van der Waals surface area contributed by atoms with Crippen LogP contribution in [0.15, 0.2) is 72.8 Å². The number of esters is 1. The van der Waals surface area contributed by atoms with Crippen LogP contribution in [0.5, 0.6) is 5.75 Å². The van der Waals surface area contributed by atoms with E-state index in [1.54, 1.807) is 12.0 Å². The second-order valence-corrected chi connectivity index (χ2v) is 9.13. The number of nitrogens with one attached hydrogen (secondary N) is 1. The van der Waals surface area contributed by atoms with Crippen molar-refractivity contribution in [2.75, 3.05) is 26.8 Å². The molecule has 1 aliphatic heterocycles. The van der Waals surface area contributed by atoms with Gasteiger partial charge in [0.05, 0.1) is 18.7 Å². The van der Waals surface area contributed by atoms with Gasteiger partial charge in [-0.25, -0.2) is 0 Å². The third kappa shape index (κ3) is 6.54. The lowest BCUT2D eigenvalue weighted by Gasteiger charge is -2.39. The molecule has 7 nitrogen and oxygen atoms in total. The van der Waals surface area contributed by atoms with E-state index in [0.29, 0.717) is 25.2 Å². The van der Waals surface area contributed by atoms with Gasteiger partial charge in [0.25, 0.3) is 5.91 Å². The highest BCUT2D eigenvalue weighted by Gasteiger charge is 2.32. The molecule has 0 spiro atoms. The molecule has 4 rings (SSSR count). The highest BCUT2D eigenvalue weighted by atomic mass is 16.5. The number of likely N-dealkylation sites (tertiary alicyclic amines) is 1. The number of carbonyl (C=O) groups excluding carboxylic acids is 2. The zero-order valence-corrected chi connectivity index (χ0v) is 21.1. The Balaban J connectivity index is 1.51. The number of benzene rings is 3. The van der Waals surface area contributed by atoms with E-state index in [1.165, 1.54) is 6.92 Å². The number of methoxy groups -OCH3 is 1. The molecule has 1 fully saturated rings. The maximum absolute atomic E-state index is 12.7. The van der Waals surface area contributed by atoms with Crippen molar-refractivity contribution in [3.63, 3.8) is 0 Å². The molecule has 0 aliphatic carbocycles. The summed E-state index contributed by atoms with van der Waals surface area (Å²) in [4.78, 5) is 25.6. The lowest BCUT2D eigenvalue weighted by molar-refractivity contribution is -0.150. The zero-order chi connectivity index (χ0) is 26.2. The molecule has 1 heterocycles. The van der Waals surface area contributed by atoms with Crippen molar-refractivity contribution in [2.24, 2.45) is 0 Å². The van der Waals surface area contributed by atoms with Crippen molar-refractivity contribution in [1.29, 1.82) is 5.26 Å². The maximum atomic E-state index is 12.7. The molecule has 0 aromatic heterocycles. The number of nitriles is 1. The van der Waals surface area contributed by atoms with Crippen LogP contribution in [0.3, 0.4) is 0 Å². The zero-order valence-electron chi connectivity index (χ0n) is 21.1. The number of rotatable bonds is 8. The lowest BCUT2D eigenvalue weighted by Crippen LogP contribution is -2.50. The summed E-state index contributed by atoms with van der Waals surface area (Å²) in [5.74, 6) is 0.257.